The molecule has 1 unspecified atom stereocenters. The molecule has 4 heteroatoms. The first-order chi connectivity index (χ1) is 7.56. The molecule has 3 N–H and O–H groups in total. The topological polar surface area (TPSA) is 72.5 Å². The van der Waals surface area contributed by atoms with E-state index in [9.17, 15) is 0 Å². The van der Waals surface area contributed by atoms with Crippen LogP contribution in [0.2, 0.25) is 0 Å². The van der Waals surface area contributed by atoms with Crippen LogP contribution in [0.1, 0.15) is 26.7 Å². The first kappa shape index (κ1) is 14.5. The third kappa shape index (κ3) is 9.02. The lowest BCUT2D eigenvalue weighted by Crippen LogP contribution is -2.26. The Hall–Kier alpha value is -1.55. The van der Waals surface area contributed by atoms with E-state index in [1.807, 2.05) is 30.3 Å². The van der Waals surface area contributed by atoms with Crippen molar-refractivity contribution >= 4 is 5.97 Å². The van der Waals surface area contributed by atoms with Gasteiger partial charge < -0.3 is 9.84 Å². The van der Waals surface area contributed by atoms with Crippen LogP contribution in [0.5, 0.6) is 5.75 Å². The van der Waals surface area contributed by atoms with Gasteiger partial charge in [0.2, 0.25) is 0 Å². The van der Waals surface area contributed by atoms with Crippen LogP contribution >= 0.6 is 0 Å². The van der Waals surface area contributed by atoms with Crippen LogP contribution in [0.25, 0.3) is 0 Å². The Morgan fingerprint density at radius 1 is 1.44 bits per heavy atom. The highest BCUT2D eigenvalue weighted by atomic mass is 16.5. The molecular formula is C12H19NO3. The normalized spacial score (nSPS) is 10.9. The van der Waals surface area contributed by atoms with Gasteiger partial charge in [0.25, 0.3) is 5.97 Å². The average Bonchev–Trinajstić information content (AvgIpc) is 2.18. The summed E-state index contributed by atoms with van der Waals surface area (Å²) in [6.45, 7) is 3.17. The van der Waals surface area contributed by atoms with Gasteiger partial charge in [-0.2, -0.15) is 0 Å². The van der Waals surface area contributed by atoms with E-state index in [0.29, 0.717) is 0 Å². The zero-order chi connectivity index (χ0) is 12.4. The molecule has 0 amide bonds. The Balaban J connectivity index is 0.000000487. The summed E-state index contributed by atoms with van der Waals surface area (Å²) in [5.41, 5.74) is 5.69. The van der Waals surface area contributed by atoms with Crippen LogP contribution in [0.15, 0.2) is 30.3 Å². The first-order valence-corrected chi connectivity index (χ1v) is 5.23. The van der Waals surface area contributed by atoms with Crippen molar-refractivity contribution in [3.05, 3.63) is 30.3 Å². The molecule has 90 valence electrons. The zero-order valence-corrected chi connectivity index (χ0v) is 9.72. The predicted octanol–water partition coefficient (Wildman–Crippen LogP) is 2.24. The molecule has 16 heavy (non-hydrogen) atoms. The number of ether oxygens (including phenoxy) is 1. The number of para-hydroxylation sites is 1. The van der Waals surface area contributed by atoms with E-state index >= 15 is 0 Å². The Labute approximate surface area is 96.0 Å². The summed E-state index contributed by atoms with van der Waals surface area (Å²) < 4.78 is 5.43. The molecule has 0 aliphatic carbocycles. The van der Waals surface area contributed by atoms with Crippen molar-refractivity contribution in [1.29, 1.82) is 0 Å². The highest BCUT2D eigenvalue weighted by molar-refractivity contribution is 5.62. The number of hydrogen-bond acceptors (Lipinski definition) is 3. The number of aliphatic carboxylic acids is 1. The van der Waals surface area contributed by atoms with Crippen molar-refractivity contribution in [3.8, 4) is 5.75 Å². The van der Waals surface area contributed by atoms with Crippen molar-refractivity contribution in [2.45, 2.75) is 32.9 Å². The minimum absolute atomic E-state index is 0.169. The number of carboxylic acid groups (broad SMARTS) is 1. The highest BCUT2D eigenvalue weighted by Gasteiger charge is 2.00. The Morgan fingerprint density at radius 2 is 1.94 bits per heavy atom. The highest BCUT2D eigenvalue weighted by Crippen LogP contribution is 2.10. The van der Waals surface area contributed by atoms with E-state index in [-0.39, 0.29) is 6.23 Å². The van der Waals surface area contributed by atoms with Crippen LogP contribution in [0, 0.1) is 0 Å². The van der Waals surface area contributed by atoms with Gasteiger partial charge in [0.15, 0.2) is 0 Å². The van der Waals surface area contributed by atoms with Gasteiger partial charge in [0, 0.05) is 6.92 Å². The van der Waals surface area contributed by atoms with Crippen LogP contribution in [-0.2, 0) is 4.79 Å². The summed E-state index contributed by atoms with van der Waals surface area (Å²) in [4.78, 5) is 9.00. The summed E-state index contributed by atoms with van der Waals surface area (Å²) in [5, 5.41) is 7.42. The number of hydrogen-bond donors (Lipinski definition) is 2. The molecule has 0 aliphatic rings. The van der Waals surface area contributed by atoms with Crippen molar-refractivity contribution in [2.75, 3.05) is 0 Å². The van der Waals surface area contributed by atoms with Gasteiger partial charge in [-0.25, -0.2) is 0 Å². The lowest BCUT2D eigenvalue weighted by Gasteiger charge is -2.12. The quantitative estimate of drug-likeness (QED) is 0.771. The van der Waals surface area contributed by atoms with E-state index in [4.69, 9.17) is 20.4 Å². The SMILES string of the molecule is CC(=O)O.CCCC(N)Oc1ccccc1. The molecule has 0 saturated heterocycles. The third-order valence-electron chi connectivity index (χ3n) is 1.60. The summed E-state index contributed by atoms with van der Waals surface area (Å²) in [6.07, 6.45) is 1.78. The molecule has 4 nitrogen and oxygen atoms in total. The fraction of sp³-hybridized carbons (Fsp3) is 0.417. The van der Waals surface area contributed by atoms with E-state index in [2.05, 4.69) is 6.92 Å². The Morgan fingerprint density at radius 3 is 2.38 bits per heavy atom. The van der Waals surface area contributed by atoms with Gasteiger partial charge in [-0.05, 0) is 18.6 Å². The van der Waals surface area contributed by atoms with Crippen LogP contribution < -0.4 is 10.5 Å². The Bertz CT molecular complexity index is 284. The van der Waals surface area contributed by atoms with E-state index in [1.165, 1.54) is 0 Å². The molecule has 0 saturated carbocycles. The van der Waals surface area contributed by atoms with E-state index in [1.54, 1.807) is 0 Å². The van der Waals surface area contributed by atoms with Crippen molar-refractivity contribution in [3.63, 3.8) is 0 Å². The molecule has 0 aliphatic heterocycles. The predicted molar refractivity (Wildman–Crippen MR) is 63.3 cm³/mol. The number of carboxylic acids is 1. The summed E-state index contributed by atoms with van der Waals surface area (Å²) in [6, 6.07) is 9.66. The Kier molecular flexibility index (Phi) is 7.89. The second-order valence-electron chi connectivity index (χ2n) is 3.28. The molecular weight excluding hydrogens is 206 g/mol. The first-order valence-electron chi connectivity index (χ1n) is 5.23. The van der Waals surface area contributed by atoms with Crippen LogP contribution in [0.4, 0.5) is 0 Å². The zero-order valence-electron chi connectivity index (χ0n) is 9.72. The second kappa shape index (κ2) is 8.73. The fourth-order valence-corrected chi connectivity index (χ4v) is 1.02. The molecule has 0 spiro atoms. The van der Waals surface area contributed by atoms with Gasteiger partial charge in [0.05, 0.1) is 0 Å². The van der Waals surface area contributed by atoms with E-state index in [0.717, 1.165) is 25.5 Å². The standard InChI is InChI=1S/C10H15NO.C2H4O2/c1-2-6-10(11)12-9-7-4-3-5-8-9;1-2(3)4/h3-5,7-8,10H,2,6,11H2,1H3;1H3,(H,3,4). The number of benzene rings is 1. The largest absolute Gasteiger partial charge is 0.481 e. The monoisotopic (exact) mass is 225 g/mol. The summed E-state index contributed by atoms with van der Waals surface area (Å²) in [5.74, 6) is 0.0125. The minimum Gasteiger partial charge on any atom is -0.481 e. The van der Waals surface area contributed by atoms with Gasteiger partial charge in [-0.15, -0.1) is 0 Å². The fourth-order valence-electron chi connectivity index (χ4n) is 1.02. The smallest absolute Gasteiger partial charge is 0.300 e. The lowest BCUT2D eigenvalue weighted by molar-refractivity contribution is -0.134. The summed E-state index contributed by atoms with van der Waals surface area (Å²) >= 11 is 0. The molecule has 0 aromatic heterocycles. The maximum atomic E-state index is 9.00. The minimum atomic E-state index is -0.833. The second-order valence-corrected chi connectivity index (χ2v) is 3.28. The average molecular weight is 225 g/mol. The van der Waals surface area contributed by atoms with Gasteiger partial charge >= 0.3 is 0 Å². The van der Waals surface area contributed by atoms with Gasteiger partial charge in [-0.3, -0.25) is 10.5 Å². The third-order valence-corrected chi connectivity index (χ3v) is 1.60. The van der Waals surface area contributed by atoms with Crippen LogP contribution in [-0.4, -0.2) is 17.3 Å². The summed E-state index contributed by atoms with van der Waals surface area (Å²) in [7, 11) is 0. The van der Waals surface area contributed by atoms with E-state index < -0.39 is 5.97 Å². The molecule has 0 bridgehead atoms. The maximum absolute atomic E-state index is 9.00. The maximum Gasteiger partial charge on any atom is 0.300 e. The van der Waals surface area contributed by atoms with Gasteiger partial charge in [-0.1, -0.05) is 31.5 Å². The van der Waals surface area contributed by atoms with Crippen LogP contribution in [0.3, 0.4) is 0 Å². The number of carbonyl (C=O) groups is 1. The molecule has 0 fully saturated rings. The molecule has 1 atom stereocenters. The molecule has 1 rings (SSSR count). The van der Waals surface area contributed by atoms with Crippen molar-refractivity contribution in [2.24, 2.45) is 5.73 Å². The van der Waals surface area contributed by atoms with Gasteiger partial charge in [0.1, 0.15) is 12.0 Å². The molecule has 0 radical (unpaired) electrons. The van der Waals surface area contributed by atoms with Crippen molar-refractivity contribution < 1.29 is 14.6 Å². The number of rotatable bonds is 4. The van der Waals surface area contributed by atoms with Crippen molar-refractivity contribution in [1.82, 2.24) is 0 Å². The number of nitrogens with two attached hydrogens (primary N) is 1. The molecule has 1 aromatic carbocycles. The molecule has 1 aromatic rings. The lowest BCUT2D eigenvalue weighted by atomic mass is 10.3. The molecule has 0 heterocycles.